The molecule has 0 unspecified atom stereocenters. The number of hydrogen-bond donors (Lipinski definition) is 0. The number of nitrogens with zero attached hydrogens (tertiary/aromatic N) is 2. The Morgan fingerprint density at radius 1 is 1.21 bits per heavy atom. The summed E-state index contributed by atoms with van der Waals surface area (Å²) in [5.41, 5.74) is 2.42. The number of pyridine rings is 1. The topological polar surface area (TPSA) is 44.1 Å². The molecule has 0 fully saturated rings. The number of ether oxygens (including phenoxy) is 1. The van der Waals surface area contributed by atoms with Crippen LogP contribution in [0.5, 0.6) is 0 Å². The third-order valence-electron chi connectivity index (χ3n) is 4.25. The van der Waals surface area contributed by atoms with Gasteiger partial charge in [0.05, 0.1) is 29.4 Å². The lowest BCUT2D eigenvalue weighted by atomic mass is 10.0. The molecule has 0 bridgehead atoms. The highest BCUT2D eigenvalue weighted by molar-refractivity contribution is 7.99. The standard InChI is InChI=1S/C22H22Cl2N2O2S/c1-4-28-22(27)19-13-26(12-17-7-5-6-8-25-17)21(20(19)14(2)3)29-18-10-15(23)9-16(24)11-18/h5-11,13-14H,4,12H2,1-3H3. The van der Waals surface area contributed by atoms with Crippen LogP contribution >= 0.6 is 35.0 Å². The van der Waals surface area contributed by atoms with Gasteiger partial charge in [0.1, 0.15) is 0 Å². The van der Waals surface area contributed by atoms with E-state index < -0.39 is 0 Å². The minimum atomic E-state index is -0.318. The predicted molar refractivity (Wildman–Crippen MR) is 118 cm³/mol. The summed E-state index contributed by atoms with van der Waals surface area (Å²) in [7, 11) is 0. The zero-order valence-electron chi connectivity index (χ0n) is 16.5. The van der Waals surface area contributed by atoms with Crippen LogP contribution in [0.4, 0.5) is 0 Å². The Morgan fingerprint density at radius 3 is 2.52 bits per heavy atom. The van der Waals surface area contributed by atoms with Crippen LogP contribution in [0.25, 0.3) is 0 Å². The van der Waals surface area contributed by atoms with Crippen molar-refractivity contribution in [3.05, 3.63) is 75.7 Å². The molecule has 0 spiro atoms. The van der Waals surface area contributed by atoms with E-state index in [0.29, 0.717) is 28.8 Å². The molecule has 0 aliphatic heterocycles. The molecule has 2 aromatic heterocycles. The Hall–Kier alpha value is -1.95. The second kappa shape index (κ2) is 9.70. The number of benzene rings is 1. The minimum absolute atomic E-state index is 0.122. The first-order chi connectivity index (χ1) is 13.9. The van der Waals surface area contributed by atoms with Crippen LogP contribution in [0.2, 0.25) is 10.0 Å². The van der Waals surface area contributed by atoms with Gasteiger partial charge >= 0.3 is 5.97 Å². The van der Waals surface area contributed by atoms with Crippen LogP contribution in [0.1, 0.15) is 48.3 Å². The van der Waals surface area contributed by atoms with E-state index in [0.717, 1.165) is 21.2 Å². The average Bonchev–Trinajstić information content (AvgIpc) is 3.00. The highest BCUT2D eigenvalue weighted by atomic mass is 35.5. The molecule has 0 amide bonds. The summed E-state index contributed by atoms with van der Waals surface area (Å²) in [5, 5.41) is 2.09. The Balaban J connectivity index is 2.11. The van der Waals surface area contributed by atoms with Crippen LogP contribution in [0.15, 0.2) is 58.7 Å². The van der Waals surface area contributed by atoms with Crippen molar-refractivity contribution in [2.24, 2.45) is 0 Å². The molecular formula is C22H22Cl2N2O2S. The maximum Gasteiger partial charge on any atom is 0.340 e. The van der Waals surface area contributed by atoms with E-state index in [1.165, 1.54) is 11.8 Å². The van der Waals surface area contributed by atoms with Crippen LogP contribution in [-0.4, -0.2) is 22.1 Å². The van der Waals surface area contributed by atoms with Crippen molar-refractivity contribution in [1.29, 1.82) is 0 Å². The molecule has 0 atom stereocenters. The average molecular weight is 449 g/mol. The smallest absolute Gasteiger partial charge is 0.340 e. The Kier molecular flexibility index (Phi) is 7.28. The molecule has 0 saturated heterocycles. The Labute approximate surface area is 185 Å². The first kappa shape index (κ1) is 21.8. The van der Waals surface area contributed by atoms with Gasteiger partial charge in [-0.3, -0.25) is 4.98 Å². The lowest BCUT2D eigenvalue weighted by Gasteiger charge is -2.14. The molecule has 7 heteroatoms. The van der Waals surface area contributed by atoms with Gasteiger partial charge in [0.2, 0.25) is 0 Å². The summed E-state index contributed by atoms with van der Waals surface area (Å²) in [6.07, 6.45) is 3.62. The lowest BCUT2D eigenvalue weighted by Crippen LogP contribution is -2.07. The number of rotatable bonds is 7. The van der Waals surface area contributed by atoms with Crippen LogP contribution in [0, 0.1) is 0 Å². The molecule has 0 radical (unpaired) electrons. The van der Waals surface area contributed by atoms with Gasteiger partial charge in [0.25, 0.3) is 0 Å². The second-order valence-corrected chi connectivity index (χ2v) is 8.73. The molecule has 4 nitrogen and oxygen atoms in total. The number of halogens is 2. The van der Waals surface area contributed by atoms with E-state index in [1.54, 1.807) is 12.3 Å². The fraction of sp³-hybridized carbons (Fsp3) is 0.273. The normalized spacial score (nSPS) is 11.1. The quantitative estimate of drug-likeness (QED) is 0.377. The highest BCUT2D eigenvalue weighted by Gasteiger charge is 2.25. The van der Waals surface area contributed by atoms with Crippen molar-refractivity contribution < 1.29 is 9.53 Å². The summed E-state index contributed by atoms with van der Waals surface area (Å²) in [5.74, 6) is -0.196. The molecule has 1 aromatic carbocycles. The lowest BCUT2D eigenvalue weighted by molar-refractivity contribution is 0.0524. The molecule has 0 aliphatic carbocycles. The van der Waals surface area contributed by atoms with Crippen LogP contribution < -0.4 is 0 Å². The first-order valence-electron chi connectivity index (χ1n) is 9.33. The van der Waals surface area contributed by atoms with Crippen molar-refractivity contribution in [2.45, 2.75) is 43.2 Å². The number of carbonyl (C=O) groups is 1. The number of hydrogen-bond acceptors (Lipinski definition) is 4. The Morgan fingerprint density at radius 2 is 1.93 bits per heavy atom. The molecule has 2 heterocycles. The fourth-order valence-electron chi connectivity index (χ4n) is 3.08. The van der Waals surface area contributed by atoms with E-state index in [-0.39, 0.29) is 11.9 Å². The monoisotopic (exact) mass is 448 g/mol. The van der Waals surface area contributed by atoms with Crippen LogP contribution in [-0.2, 0) is 11.3 Å². The summed E-state index contributed by atoms with van der Waals surface area (Å²) in [6, 6.07) is 11.2. The number of carbonyl (C=O) groups excluding carboxylic acids is 1. The zero-order chi connectivity index (χ0) is 21.0. The van der Waals surface area contributed by atoms with Gasteiger partial charge in [-0.25, -0.2) is 4.79 Å². The largest absolute Gasteiger partial charge is 0.462 e. The van der Waals surface area contributed by atoms with E-state index in [1.807, 2.05) is 48.0 Å². The highest BCUT2D eigenvalue weighted by Crippen LogP contribution is 2.39. The van der Waals surface area contributed by atoms with Gasteiger partial charge in [-0.05, 0) is 43.2 Å². The molecule has 152 valence electrons. The summed E-state index contributed by atoms with van der Waals surface area (Å²) < 4.78 is 7.35. The van der Waals surface area contributed by atoms with Gasteiger partial charge < -0.3 is 9.30 Å². The van der Waals surface area contributed by atoms with Crippen molar-refractivity contribution >= 4 is 40.9 Å². The number of esters is 1. The van der Waals surface area contributed by atoms with E-state index in [2.05, 4.69) is 18.8 Å². The van der Waals surface area contributed by atoms with Gasteiger partial charge in [-0.15, -0.1) is 0 Å². The van der Waals surface area contributed by atoms with Gasteiger partial charge in [-0.2, -0.15) is 0 Å². The second-order valence-electron chi connectivity index (χ2n) is 6.79. The maximum absolute atomic E-state index is 12.6. The molecule has 3 rings (SSSR count). The summed E-state index contributed by atoms with van der Waals surface area (Å²) in [4.78, 5) is 18.0. The van der Waals surface area contributed by atoms with Crippen molar-refractivity contribution in [3.8, 4) is 0 Å². The molecule has 3 aromatic rings. The third-order valence-corrected chi connectivity index (χ3v) is 5.80. The van der Waals surface area contributed by atoms with Crippen LogP contribution in [0.3, 0.4) is 0 Å². The zero-order valence-corrected chi connectivity index (χ0v) is 18.8. The van der Waals surface area contributed by atoms with E-state index in [9.17, 15) is 4.79 Å². The predicted octanol–water partition coefficient (Wildman–Crippen LogP) is 6.69. The minimum Gasteiger partial charge on any atom is -0.462 e. The van der Waals surface area contributed by atoms with Gasteiger partial charge in [0, 0.05) is 32.9 Å². The van der Waals surface area contributed by atoms with E-state index in [4.69, 9.17) is 27.9 Å². The molecule has 29 heavy (non-hydrogen) atoms. The van der Waals surface area contributed by atoms with Crippen molar-refractivity contribution in [1.82, 2.24) is 9.55 Å². The van der Waals surface area contributed by atoms with Gasteiger partial charge in [-0.1, -0.05) is 54.9 Å². The molecule has 0 N–H and O–H groups in total. The van der Waals surface area contributed by atoms with Gasteiger partial charge in [0.15, 0.2) is 0 Å². The Bertz CT molecular complexity index is 983. The molecule has 0 aliphatic rings. The summed E-state index contributed by atoms with van der Waals surface area (Å²) in [6.45, 7) is 6.81. The SMILES string of the molecule is CCOC(=O)c1cn(Cc2ccccn2)c(Sc2cc(Cl)cc(Cl)c2)c1C(C)C. The third kappa shape index (κ3) is 5.35. The van der Waals surface area contributed by atoms with Crippen molar-refractivity contribution in [2.75, 3.05) is 6.61 Å². The fourth-order valence-corrected chi connectivity index (χ4v) is 5.02. The maximum atomic E-state index is 12.6. The first-order valence-corrected chi connectivity index (χ1v) is 10.9. The molecule has 0 saturated carbocycles. The van der Waals surface area contributed by atoms with E-state index >= 15 is 0 Å². The molecular weight excluding hydrogens is 427 g/mol. The van der Waals surface area contributed by atoms with Crippen molar-refractivity contribution in [3.63, 3.8) is 0 Å². The summed E-state index contributed by atoms with van der Waals surface area (Å²) >= 11 is 13.9. The number of aromatic nitrogens is 2.